The van der Waals surface area contributed by atoms with Gasteiger partial charge in [0.25, 0.3) is 5.91 Å². The first-order chi connectivity index (χ1) is 9.49. The number of methoxy groups -OCH3 is 1. The minimum Gasteiger partial charge on any atom is -0.497 e. The smallest absolute Gasteiger partial charge is 0.260 e. The summed E-state index contributed by atoms with van der Waals surface area (Å²) in [6.07, 6.45) is 2.62. The van der Waals surface area contributed by atoms with E-state index in [1.165, 1.54) is 19.4 Å². The number of nitrogens with one attached hydrogen (secondary N) is 2. The van der Waals surface area contributed by atoms with Crippen LogP contribution in [-0.4, -0.2) is 24.5 Å². The molecule has 0 atom stereocenters. The summed E-state index contributed by atoms with van der Waals surface area (Å²) in [6.45, 7) is 0.315. The van der Waals surface area contributed by atoms with Crippen LogP contribution < -0.4 is 15.5 Å². The van der Waals surface area contributed by atoms with Gasteiger partial charge in [0.15, 0.2) is 0 Å². The highest BCUT2D eigenvalue weighted by Gasteiger charge is 2.30. The van der Waals surface area contributed by atoms with Crippen molar-refractivity contribution in [2.24, 2.45) is 0 Å². The van der Waals surface area contributed by atoms with E-state index in [4.69, 9.17) is 27.9 Å². The van der Waals surface area contributed by atoms with Crippen molar-refractivity contribution in [1.82, 2.24) is 10.8 Å². The van der Waals surface area contributed by atoms with Crippen LogP contribution in [0.5, 0.6) is 5.75 Å². The van der Waals surface area contributed by atoms with Gasteiger partial charge in [0, 0.05) is 12.7 Å². The first-order valence-electron chi connectivity index (χ1n) is 5.75. The van der Waals surface area contributed by atoms with E-state index in [1.807, 2.05) is 12.1 Å². The molecule has 0 bridgehead atoms. The van der Waals surface area contributed by atoms with Crippen LogP contribution in [0.1, 0.15) is 5.56 Å². The van der Waals surface area contributed by atoms with Gasteiger partial charge in [-0.2, -0.15) is 0 Å². The molecule has 0 saturated carbocycles. The fourth-order valence-corrected chi connectivity index (χ4v) is 1.59. The molecule has 0 spiro atoms. The Kier molecular flexibility index (Phi) is 6.64. The van der Waals surface area contributed by atoms with Crippen LogP contribution in [0.4, 0.5) is 0 Å². The van der Waals surface area contributed by atoms with Gasteiger partial charge in [-0.25, -0.2) is 0 Å². The summed E-state index contributed by atoms with van der Waals surface area (Å²) in [7, 11) is 3.02. The summed E-state index contributed by atoms with van der Waals surface area (Å²) in [5, 5.41) is 2.64. The second-order valence-electron chi connectivity index (χ2n) is 3.81. The van der Waals surface area contributed by atoms with E-state index >= 15 is 0 Å². The van der Waals surface area contributed by atoms with E-state index in [-0.39, 0.29) is 0 Å². The van der Waals surface area contributed by atoms with Gasteiger partial charge in [-0.05, 0) is 23.8 Å². The Morgan fingerprint density at radius 1 is 1.30 bits per heavy atom. The molecule has 110 valence electrons. The normalized spacial score (nSPS) is 11.4. The number of carbonyl (C=O) groups is 1. The number of hydrogen-bond acceptors (Lipinski definition) is 4. The van der Waals surface area contributed by atoms with Crippen LogP contribution in [0.3, 0.4) is 0 Å². The van der Waals surface area contributed by atoms with Crippen molar-refractivity contribution in [3.63, 3.8) is 0 Å². The molecule has 1 amide bonds. The van der Waals surface area contributed by atoms with Crippen LogP contribution >= 0.6 is 23.2 Å². The fourth-order valence-electron chi connectivity index (χ4n) is 1.33. The molecular formula is C13H16Cl2N2O3. The van der Waals surface area contributed by atoms with Crippen molar-refractivity contribution < 1.29 is 14.4 Å². The number of rotatable bonds is 7. The molecule has 2 N–H and O–H groups in total. The van der Waals surface area contributed by atoms with Gasteiger partial charge in [0.1, 0.15) is 5.75 Å². The lowest BCUT2D eigenvalue weighted by Gasteiger charge is -2.15. The van der Waals surface area contributed by atoms with Crippen LogP contribution in [0, 0.1) is 0 Å². The molecule has 0 fully saturated rings. The SMILES string of the molecule is CONC=CC(Cl)(Cl)C(=O)NCc1ccc(OC)cc1. The average molecular weight is 319 g/mol. The van der Waals surface area contributed by atoms with E-state index in [9.17, 15) is 4.79 Å². The van der Waals surface area contributed by atoms with Crippen molar-refractivity contribution in [3.8, 4) is 5.75 Å². The zero-order valence-corrected chi connectivity index (χ0v) is 12.7. The fraction of sp³-hybridized carbons (Fsp3) is 0.308. The van der Waals surface area contributed by atoms with Crippen LogP contribution in [0.25, 0.3) is 0 Å². The second-order valence-corrected chi connectivity index (χ2v) is 5.19. The van der Waals surface area contributed by atoms with Crippen LogP contribution in [0.2, 0.25) is 0 Å². The highest BCUT2D eigenvalue weighted by molar-refractivity contribution is 6.59. The van der Waals surface area contributed by atoms with Crippen molar-refractivity contribution in [2.45, 2.75) is 10.9 Å². The van der Waals surface area contributed by atoms with E-state index in [1.54, 1.807) is 19.2 Å². The van der Waals surface area contributed by atoms with Crippen molar-refractivity contribution in [1.29, 1.82) is 0 Å². The molecule has 0 radical (unpaired) electrons. The molecule has 0 heterocycles. The minimum absolute atomic E-state index is 0.315. The third kappa shape index (κ3) is 5.28. The molecule has 0 saturated heterocycles. The molecule has 7 heteroatoms. The van der Waals surface area contributed by atoms with Crippen molar-refractivity contribution >= 4 is 29.1 Å². The number of amides is 1. The van der Waals surface area contributed by atoms with E-state index < -0.39 is 10.2 Å². The van der Waals surface area contributed by atoms with E-state index in [0.29, 0.717) is 6.54 Å². The maximum absolute atomic E-state index is 11.8. The number of alkyl halides is 2. The summed E-state index contributed by atoms with van der Waals surface area (Å²) in [6, 6.07) is 7.29. The Morgan fingerprint density at radius 2 is 1.95 bits per heavy atom. The topological polar surface area (TPSA) is 59.6 Å². The largest absolute Gasteiger partial charge is 0.497 e. The molecule has 0 aliphatic heterocycles. The summed E-state index contributed by atoms with van der Waals surface area (Å²) in [4.78, 5) is 16.4. The minimum atomic E-state index is -1.67. The highest BCUT2D eigenvalue weighted by Crippen LogP contribution is 2.22. The Balaban J connectivity index is 2.52. The predicted octanol–water partition coefficient (Wildman–Crippen LogP) is 2.15. The molecular weight excluding hydrogens is 303 g/mol. The van der Waals surface area contributed by atoms with Crippen molar-refractivity contribution in [2.75, 3.05) is 14.2 Å². The highest BCUT2D eigenvalue weighted by atomic mass is 35.5. The van der Waals surface area contributed by atoms with Crippen LogP contribution in [-0.2, 0) is 16.2 Å². The third-order valence-corrected chi connectivity index (χ3v) is 2.99. The lowest BCUT2D eigenvalue weighted by molar-refractivity contribution is -0.121. The van der Waals surface area contributed by atoms with Gasteiger partial charge >= 0.3 is 0 Å². The van der Waals surface area contributed by atoms with E-state index in [2.05, 4.69) is 15.6 Å². The Bertz CT molecular complexity index is 461. The molecule has 0 aromatic heterocycles. The molecule has 0 aliphatic rings. The molecule has 1 rings (SSSR count). The van der Waals surface area contributed by atoms with Gasteiger partial charge in [-0.1, -0.05) is 35.3 Å². The molecule has 5 nitrogen and oxygen atoms in total. The summed E-state index contributed by atoms with van der Waals surface area (Å²) in [5.74, 6) is 0.225. The number of ether oxygens (including phenoxy) is 1. The summed E-state index contributed by atoms with van der Waals surface area (Å²) >= 11 is 11.8. The zero-order chi connectivity index (χ0) is 15.0. The maximum atomic E-state index is 11.8. The molecule has 1 aromatic carbocycles. The second kappa shape index (κ2) is 7.99. The zero-order valence-electron chi connectivity index (χ0n) is 11.2. The Labute approximate surface area is 127 Å². The monoisotopic (exact) mass is 318 g/mol. The molecule has 20 heavy (non-hydrogen) atoms. The maximum Gasteiger partial charge on any atom is 0.260 e. The van der Waals surface area contributed by atoms with Crippen molar-refractivity contribution in [3.05, 3.63) is 42.1 Å². The lowest BCUT2D eigenvalue weighted by atomic mass is 10.2. The first-order valence-corrected chi connectivity index (χ1v) is 6.50. The van der Waals surface area contributed by atoms with E-state index in [0.717, 1.165) is 11.3 Å². The quantitative estimate of drug-likeness (QED) is 0.597. The number of hydroxylamine groups is 1. The van der Waals surface area contributed by atoms with Gasteiger partial charge < -0.3 is 10.1 Å². The van der Waals surface area contributed by atoms with Gasteiger partial charge in [0.05, 0.1) is 14.2 Å². The number of halogens is 2. The lowest BCUT2D eigenvalue weighted by Crippen LogP contribution is -2.36. The molecule has 0 aliphatic carbocycles. The molecule has 1 aromatic rings. The van der Waals surface area contributed by atoms with Crippen LogP contribution in [0.15, 0.2) is 36.5 Å². The Morgan fingerprint density at radius 3 is 2.50 bits per heavy atom. The predicted molar refractivity (Wildman–Crippen MR) is 78.6 cm³/mol. The number of benzene rings is 1. The average Bonchev–Trinajstić information content (AvgIpc) is 2.45. The third-order valence-electron chi connectivity index (χ3n) is 2.39. The van der Waals surface area contributed by atoms with Gasteiger partial charge in [-0.15, -0.1) is 0 Å². The van der Waals surface area contributed by atoms with Gasteiger partial charge in [-0.3, -0.25) is 15.1 Å². The Hall–Kier alpha value is -1.43. The summed E-state index contributed by atoms with van der Waals surface area (Å²) < 4.78 is 3.38. The standard InChI is InChI=1S/C13H16Cl2N2O3/c1-19-11-5-3-10(4-6-11)9-16-12(18)13(14,15)7-8-17-20-2/h3-8,17H,9H2,1-2H3,(H,16,18). The number of hydrogen-bond donors (Lipinski definition) is 2. The van der Waals surface area contributed by atoms with Gasteiger partial charge in [0.2, 0.25) is 4.33 Å². The summed E-state index contributed by atoms with van der Waals surface area (Å²) in [5.41, 5.74) is 3.31. The first kappa shape index (κ1) is 16.6. The molecule has 0 unspecified atom stereocenters. The number of carbonyl (C=O) groups excluding carboxylic acids is 1.